The minimum atomic E-state index is -0.992. The van der Waals surface area contributed by atoms with Crippen LogP contribution in [0.25, 0.3) is 0 Å². The lowest BCUT2D eigenvalue weighted by molar-refractivity contribution is -0.147. The van der Waals surface area contributed by atoms with Crippen LogP contribution in [0.2, 0.25) is 0 Å². The van der Waals surface area contributed by atoms with Crippen LogP contribution in [0.3, 0.4) is 0 Å². The molecule has 0 bridgehead atoms. The molecule has 5 nitrogen and oxygen atoms in total. The molecule has 0 saturated carbocycles. The molecule has 0 aromatic carbocycles. The Bertz CT molecular complexity index is 114. The SMILES string of the molecule is COC1O[C@H](CN)[C@@H](O)[C@@H]1O. The first-order valence-electron chi connectivity index (χ1n) is 3.45. The maximum absolute atomic E-state index is 9.22. The van der Waals surface area contributed by atoms with E-state index in [1.54, 1.807) is 0 Å². The van der Waals surface area contributed by atoms with E-state index in [1.807, 2.05) is 0 Å². The molecule has 1 heterocycles. The van der Waals surface area contributed by atoms with Gasteiger partial charge in [0.2, 0.25) is 0 Å². The van der Waals surface area contributed by atoms with E-state index in [0.717, 1.165) is 0 Å². The Morgan fingerprint density at radius 1 is 1.45 bits per heavy atom. The molecule has 1 aliphatic rings. The maximum atomic E-state index is 9.22. The highest BCUT2D eigenvalue weighted by Gasteiger charge is 2.41. The van der Waals surface area contributed by atoms with E-state index < -0.39 is 24.6 Å². The van der Waals surface area contributed by atoms with Crippen LogP contribution in [0, 0.1) is 0 Å². The largest absolute Gasteiger partial charge is 0.387 e. The number of methoxy groups -OCH3 is 1. The zero-order valence-electron chi connectivity index (χ0n) is 6.30. The Morgan fingerprint density at radius 2 is 2.09 bits per heavy atom. The third-order valence-corrected chi connectivity index (χ3v) is 1.78. The second-order valence-electron chi connectivity index (χ2n) is 2.50. The van der Waals surface area contributed by atoms with Crippen molar-refractivity contribution in [2.75, 3.05) is 13.7 Å². The molecule has 4 atom stereocenters. The molecular weight excluding hydrogens is 150 g/mol. The lowest BCUT2D eigenvalue weighted by Gasteiger charge is -2.11. The zero-order valence-corrected chi connectivity index (χ0v) is 6.30. The minimum absolute atomic E-state index is 0.179. The molecule has 1 rings (SSSR count). The molecular formula is C6H13NO4. The van der Waals surface area contributed by atoms with Gasteiger partial charge in [-0.1, -0.05) is 0 Å². The summed E-state index contributed by atoms with van der Waals surface area (Å²) in [6, 6.07) is 0. The lowest BCUT2D eigenvalue weighted by atomic mass is 10.1. The normalized spacial score (nSPS) is 44.7. The van der Waals surface area contributed by atoms with Gasteiger partial charge in [0.15, 0.2) is 6.29 Å². The molecule has 1 aliphatic heterocycles. The summed E-state index contributed by atoms with van der Waals surface area (Å²) in [6.45, 7) is 0.179. The van der Waals surface area contributed by atoms with Gasteiger partial charge in [0.1, 0.15) is 18.3 Å². The van der Waals surface area contributed by atoms with Crippen molar-refractivity contribution in [2.24, 2.45) is 5.73 Å². The van der Waals surface area contributed by atoms with Crippen molar-refractivity contribution in [1.29, 1.82) is 0 Å². The molecule has 1 fully saturated rings. The van der Waals surface area contributed by atoms with Crippen LogP contribution in [-0.4, -0.2) is 48.5 Å². The van der Waals surface area contributed by atoms with Gasteiger partial charge in [0, 0.05) is 13.7 Å². The summed E-state index contributed by atoms with van der Waals surface area (Å²) in [5.74, 6) is 0. The summed E-state index contributed by atoms with van der Waals surface area (Å²) in [5.41, 5.74) is 5.25. The van der Waals surface area contributed by atoms with Gasteiger partial charge in [-0.2, -0.15) is 0 Å². The van der Waals surface area contributed by atoms with Crippen molar-refractivity contribution in [3.05, 3.63) is 0 Å². The zero-order chi connectivity index (χ0) is 8.43. The minimum Gasteiger partial charge on any atom is -0.387 e. The van der Waals surface area contributed by atoms with E-state index in [-0.39, 0.29) is 6.54 Å². The van der Waals surface area contributed by atoms with Gasteiger partial charge in [-0.05, 0) is 0 Å². The maximum Gasteiger partial charge on any atom is 0.186 e. The predicted molar refractivity (Wildman–Crippen MR) is 36.7 cm³/mol. The molecule has 4 N–H and O–H groups in total. The van der Waals surface area contributed by atoms with Gasteiger partial charge in [0.25, 0.3) is 0 Å². The molecule has 0 aromatic rings. The van der Waals surface area contributed by atoms with Crippen molar-refractivity contribution in [1.82, 2.24) is 0 Å². The summed E-state index contributed by atoms with van der Waals surface area (Å²) in [4.78, 5) is 0. The topological polar surface area (TPSA) is 84.9 Å². The Kier molecular flexibility index (Phi) is 2.80. The van der Waals surface area contributed by atoms with Gasteiger partial charge in [-0.25, -0.2) is 0 Å². The fourth-order valence-electron chi connectivity index (χ4n) is 1.10. The molecule has 5 heteroatoms. The van der Waals surface area contributed by atoms with E-state index in [1.165, 1.54) is 7.11 Å². The highest BCUT2D eigenvalue weighted by atomic mass is 16.7. The first kappa shape index (κ1) is 8.89. The number of hydrogen-bond acceptors (Lipinski definition) is 5. The smallest absolute Gasteiger partial charge is 0.186 e. The Labute approximate surface area is 64.7 Å². The summed E-state index contributed by atoms with van der Waals surface area (Å²) < 4.78 is 9.78. The standard InChI is InChI=1S/C6H13NO4/c1-10-6-5(9)4(8)3(2-7)11-6/h3-6,8-9H,2,7H2,1H3/t3-,4-,5+,6?/m1/s1. The number of rotatable bonds is 2. The molecule has 0 aliphatic carbocycles. The van der Waals surface area contributed by atoms with Gasteiger partial charge >= 0.3 is 0 Å². The van der Waals surface area contributed by atoms with Crippen LogP contribution < -0.4 is 5.73 Å². The second-order valence-corrected chi connectivity index (χ2v) is 2.50. The van der Waals surface area contributed by atoms with Crippen LogP contribution >= 0.6 is 0 Å². The molecule has 11 heavy (non-hydrogen) atoms. The fourth-order valence-corrected chi connectivity index (χ4v) is 1.10. The van der Waals surface area contributed by atoms with E-state index in [4.69, 9.17) is 15.2 Å². The van der Waals surface area contributed by atoms with Crippen LogP contribution in [0.4, 0.5) is 0 Å². The van der Waals surface area contributed by atoms with Crippen LogP contribution in [0.5, 0.6) is 0 Å². The quantitative estimate of drug-likeness (QED) is 0.440. The molecule has 1 saturated heterocycles. The third kappa shape index (κ3) is 1.52. The van der Waals surface area contributed by atoms with Gasteiger partial charge in [-0.3, -0.25) is 0 Å². The summed E-state index contributed by atoms with van der Waals surface area (Å²) in [7, 11) is 1.40. The summed E-state index contributed by atoms with van der Waals surface area (Å²) in [5, 5.41) is 18.4. The van der Waals surface area contributed by atoms with E-state index in [0.29, 0.717) is 0 Å². The molecule has 66 valence electrons. The van der Waals surface area contributed by atoms with Gasteiger partial charge in [0.05, 0.1) is 0 Å². The highest BCUT2D eigenvalue weighted by Crippen LogP contribution is 2.20. The number of nitrogens with two attached hydrogens (primary N) is 1. The third-order valence-electron chi connectivity index (χ3n) is 1.78. The Morgan fingerprint density at radius 3 is 2.36 bits per heavy atom. The van der Waals surface area contributed by atoms with E-state index in [2.05, 4.69) is 0 Å². The molecule has 0 radical (unpaired) electrons. The highest BCUT2D eigenvalue weighted by molar-refractivity contribution is 4.86. The van der Waals surface area contributed by atoms with E-state index >= 15 is 0 Å². The Balaban J connectivity index is 2.53. The first-order valence-corrected chi connectivity index (χ1v) is 3.45. The monoisotopic (exact) mass is 163 g/mol. The van der Waals surface area contributed by atoms with Gasteiger partial charge in [-0.15, -0.1) is 0 Å². The van der Waals surface area contributed by atoms with Crippen molar-refractivity contribution in [3.8, 4) is 0 Å². The van der Waals surface area contributed by atoms with Crippen molar-refractivity contribution in [3.63, 3.8) is 0 Å². The lowest BCUT2D eigenvalue weighted by Crippen LogP contribution is -2.36. The number of hydrogen-bond donors (Lipinski definition) is 3. The molecule has 1 unspecified atom stereocenters. The average molecular weight is 163 g/mol. The summed E-state index contributed by atoms with van der Waals surface area (Å²) in [6.07, 6.45) is -3.20. The molecule has 0 amide bonds. The number of aliphatic hydroxyl groups excluding tert-OH is 2. The van der Waals surface area contributed by atoms with Gasteiger partial charge < -0.3 is 25.4 Å². The predicted octanol–water partition coefficient (Wildman–Crippen LogP) is -1.96. The second kappa shape index (κ2) is 3.46. The summed E-state index contributed by atoms with van der Waals surface area (Å²) >= 11 is 0. The van der Waals surface area contributed by atoms with Crippen LogP contribution in [0.1, 0.15) is 0 Å². The van der Waals surface area contributed by atoms with E-state index in [9.17, 15) is 10.2 Å². The first-order chi connectivity index (χ1) is 5.20. The van der Waals surface area contributed by atoms with Crippen molar-refractivity contribution >= 4 is 0 Å². The van der Waals surface area contributed by atoms with Crippen LogP contribution in [-0.2, 0) is 9.47 Å². The average Bonchev–Trinajstić information content (AvgIpc) is 2.30. The molecule has 0 aromatic heterocycles. The fraction of sp³-hybridized carbons (Fsp3) is 1.00. The molecule has 0 spiro atoms. The van der Waals surface area contributed by atoms with Crippen LogP contribution in [0.15, 0.2) is 0 Å². The van der Waals surface area contributed by atoms with Crippen molar-refractivity contribution < 1.29 is 19.7 Å². The number of aliphatic hydroxyl groups is 2. The van der Waals surface area contributed by atoms with Crippen molar-refractivity contribution in [2.45, 2.75) is 24.6 Å². The number of ether oxygens (including phenoxy) is 2. The Hall–Kier alpha value is -0.200.